The Bertz CT molecular complexity index is 1430. The van der Waals surface area contributed by atoms with E-state index in [0.29, 0.717) is 16.0 Å². The van der Waals surface area contributed by atoms with Crippen molar-refractivity contribution in [2.75, 3.05) is 5.43 Å². The largest absolute Gasteiger partial charge is 0.481 e. The Morgan fingerprint density at radius 2 is 1.62 bits per heavy atom. The number of fused-ring (bicyclic) bond motifs is 1. The molecule has 1 aliphatic heterocycles. The van der Waals surface area contributed by atoms with Gasteiger partial charge in [-0.1, -0.05) is 30.3 Å². The Balaban J connectivity index is 1.53. The van der Waals surface area contributed by atoms with Crippen LogP contribution in [0, 0.1) is 17.8 Å². The molecule has 4 rings (SSSR count). The highest BCUT2D eigenvalue weighted by Crippen LogP contribution is 2.38. The number of benzene rings is 1. The van der Waals surface area contributed by atoms with Gasteiger partial charge >= 0.3 is 23.9 Å². The average molecular weight is 576 g/mol. The van der Waals surface area contributed by atoms with Crippen LogP contribution in [-0.2, 0) is 23.9 Å². The van der Waals surface area contributed by atoms with E-state index in [1.807, 2.05) is 36.4 Å². The summed E-state index contributed by atoms with van der Waals surface area (Å²) in [6, 6.07) is 11.5. The third-order valence-electron chi connectivity index (χ3n) is 5.99. The molecule has 1 aromatic carbocycles. The molecule has 7 N–H and O–H groups in total. The highest BCUT2D eigenvalue weighted by Gasteiger charge is 2.56. The Hall–Kier alpha value is -4.41. The van der Waals surface area contributed by atoms with E-state index in [-0.39, 0.29) is 5.11 Å². The number of ether oxygens (including phenoxy) is 1. The second-order valence-corrected chi connectivity index (χ2v) is 9.88. The van der Waals surface area contributed by atoms with Gasteiger partial charge in [0.15, 0.2) is 10.9 Å². The van der Waals surface area contributed by atoms with Crippen LogP contribution in [-0.4, -0.2) is 71.7 Å². The maximum Gasteiger partial charge on any atom is 0.312 e. The van der Waals surface area contributed by atoms with Crippen LogP contribution in [0.5, 0.6) is 0 Å². The van der Waals surface area contributed by atoms with Gasteiger partial charge in [0, 0.05) is 4.88 Å². The van der Waals surface area contributed by atoms with Crippen molar-refractivity contribution in [2.45, 2.75) is 18.8 Å². The zero-order valence-electron chi connectivity index (χ0n) is 19.7. The fourth-order valence-corrected chi connectivity index (χ4v) is 5.57. The minimum atomic E-state index is -2.00. The first-order chi connectivity index (χ1) is 18.6. The maximum atomic E-state index is 12.0. The summed E-state index contributed by atoms with van der Waals surface area (Å²) in [7, 11) is 0. The van der Waals surface area contributed by atoms with Gasteiger partial charge in [-0.2, -0.15) is 0 Å². The SMILES string of the molecule is O=C(O)CC1OC(NC(=S)NNc2ncnc3cc(-c4ccccc4)sc23)C(C(=O)O)C(C(=O)O)C1C(=O)O. The van der Waals surface area contributed by atoms with Crippen molar-refractivity contribution in [2.24, 2.45) is 17.8 Å². The first kappa shape index (κ1) is 27.6. The number of nitrogens with one attached hydrogen (secondary N) is 3. The number of nitrogens with zero attached hydrogens (tertiary/aromatic N) is 2. The zero-order chi connectivity index (χ0) is 28.3. The van der Waals surface area contributed by atoms with E-state index in [0.717, 1.165) is 10.4 Å². The molecular weight excluding hydrogens is 554 g/mol. The van der Waals surface area contributed by atoms with Gasteiger partial charge in [0.2, 0.25) is 0 Å². The van der Waals surface area contributed by atoms with Crippen molar-refractivity contribution in [1.29, 1.82) is 0 Å². The maximum absolute atomic E-state index is 12.0. The van der Waals surface area contributed by atoms with E-state index in [1.54, 1.807) is 0 Å². The summed E-state index contributed by atoms with van der Waals surface area (Å²) in [4.78, 5) is 56.5. The van der Waals surface area contributed by atoms with Gasteiger partial charge in [-0.05, 0) is 23.8 Å². The van der Waals surface area contributed by atoms with Gasteiger partial charge in [0.25, 0.3) is 0 Å². The van der Waals surface area contributed by atoms with Gasteiger partial charge in [-0.25, -0.2) is 9.97 Å². The highest BCUT2D eigenvalue weighted by atomic mass is 32.1. The predicted octanol–water partition coefficient (Wildman–Crippen LogP) is 1.45. The molecule has 0 aliphatic carbocycles. The molecular formula is C23H21N5O9S2. The van der Waals surface area contributed by atoms with Crippen molar-refractivity contribution in [1.82, 2.24) is 20.7 Å². The molecule has 39 heavy (non-hydrogen) atoms. The normalized spacial score (nSPS) is 22.5. The molecule has 3 heterocycles. The molecule has 204 valence electrons. The number of aromatic nitrogens is 2. The molecule has 0 amide bonds. The molecule has 3 aromatic rings. The lowest BCUT2D eigenvalue weighted by molar-refractivity contribution is -0.201. The van der Waals surface area contributed by atoms with Gasteiger partial charge < -0.3 is 30.5 Å². The number of hydrogen-bond donors (Lipinski definition) is 7. The number of anilines is 1. The molecule has 1 saturated heterocycles. The summed E-state index contributed by atoms with van der Waals surface area (Å²) in [6.45, 7) is 0. The quantitative estimate of drug-likeness (QED) is 0.142. The number of thiophene rings is 1. The summed E-state index contributed by atoms with van der Waals surface area (Å²) in [6.07, 6.45) is -2.85. The summed E-state index contributed by atoms with van der Waals surface area (Å²) >= 11 is 6.62. The van der Waals surface area contributed by atoms with E-state index in [2.05, 4.69) is 26.1 Å². The van der Waals surface area contributed by atoms with Crippen LogP contribution in [0.3, 0.4) is 0 Å². The van der Waals surface area contributed by atoms with Crippen LogP contribution in [0.4, 0.5) is 5.82 Å². The fraction of sp³-hybridized carbons (Fsp3) is 0.261. The lowest BCUT2D eigenvalue weighted by Gasteiger charge is -2.42. The molecule has 1 aliphatic rings. The van der Waals surface area contributed by atoms with Crippen LogP contribution in [0.15, 0.2) is 42.7 Å². The summed E-state index contributed by atoms with van der Waals surface area (Å²) in [5, 5.41) is 40.5. The van der Waals surface area contributed by atoms with Gasteiger partial charge in [0.05, 0.1) is 34.6 Å². The van der Waals surface area contributed by atoms with Crippen LogP contribution < -0.4 is 16.2 Å². The molecule has 2 aromatic heterocycles. The number of carboxylic acids is 4. The first-order valence-corrected chi connectivity index (χ1v) is 12.5. The Morgan fingerprint density at radius 3 is 2.23 bits per heavy atom. The monoisotopic (exact) mass is 575 g/mol. The number of aliphatic carboxylic acids is 4. The molecule has 5 unspecified atom stereocenters. The molecule has 1 fully saturated rings. The topological polar surface area (TPSA) is 220 Å². The minimum Gasteiger partial charge on any atom is -0.481 e. The average Bonchev–Trinajstić information content (AvgIpc) is 3.32. The van der Waals surface area contributed by atoms with Gasteiger partial charge in [-0.15, -0.1) is 11.3 Å². The van der Waals surface area contributed by atoms with Crippen LogP contribution >= 0.6 is 23.6 Å². The van der Waals surface area contributed by atoms with E-state index in [9.17, 15) is 39.6 Å². The van der Waals surface area contributed by atoms with Crippen LogP contribution in [0.1, 0.15) is 6.42 Å². The number of thiocarbonyl (C=S) groups is 1. The van der Waals surface area contributed by atoms with Crippen molar-refractivity contribution in [3.05, 3.63) is 42.7 Å². The van der Waals surface area contributed by atoms with E-state index < -0.39 is 60.4 Å². The lowest BCUT2D eigenvalue weighted by Crippen LogP contribution is -2.62. The van der Waals surface area contributed by atoms with Crippen LogP contribution in [0.25, 0.3) is 20.7 Å². The summed E-state index contributed by atoms with van der Waals surface area (Å²) < 4.78 is 6.16. The van der Waals surface area contributed by atoms with Crippen molar-refractivity contribution in [3.63, 3.8) is 0 Å². The van der Waals surface area contributed by atoms with E-state index >= 15 is 0 Å². The molecule has 16 heteroatoms. The third-order valence-corrected chi connectivity index (χ3v) is 7.39. The number of hydrazine groups is 1. The Morgan fingerprint density at radius 1 is 0.949 bits per heavy atom. The number of rotatable bonds is 9. The smallest absolute Gasteiger partial charge is 0.312 e. The van der Waals surface area contributed by atoms with Gasteiger partial charge in [0.1, 0.15) is 18.5 Å². The molecule has 14 nitrogen and oxygen atoms in total. The Labute approximate surface area is 228 Å². The molecule has 0 radical (unpaired) electrons. The summed E-state index contributed by atoms with van der Waals surface area (Å²) in [5.74, 6) is -12.0. The number of hydrogen-bond acceptors (Lipinski definition) is 10. The predicted molar refractivity (Wildman–Crippen MR) is 140 cm³/mol. The van der Waals surface area contributed by atoms with Gasteiger partial charge in [-0.3, -0.25) is 30.0 Å². The lowest BCUT2D eigenvalue weighted by atomic mass is 9.74. The highest BCUT2D eigenvalue weighted by molar-refractivity contribution is 7.80. The van der Waals surface area contributed by atoms with Crippen LogP contribution in [0.2, 0.25) is 0 Å². The van der Waals surface area contributed by atoms with Crippen molar-refractivity contribution < 1.29 is 44.3 Å². The summed E-state index contributed by atoms with van der Waals surface area (Å²) in [5.41, 5.74) is 7.04. The number of carbonyl (C=O) groups is 4. The molecule has 5 atom stereocenters. The second-order valence-electron chi connectivity index (χ2n) is 8.42. The second kappa shape index (κ2) is 11.5. The van der Waals surface area contributed by atoms with E-state index in [1.165, 1.54) is 17.7 Å². The number of carboxylic acid groups (broad SMARTS) is 4. The first-order valence-electron chi connectivity index (χ1n) is 11.2. The fourth-order valence-electron chi connectivity index (χ4n) is 4.34. The van der Waals surface area contributed by atoms with Crippen molar-refractivity contribution >= 4 is 68.6 Å². The third kappa shape index (κ3) is 6.02. The molecule has 0 saturated carbocycles. The van der Waals surface area contributed by atoms with Crippen molar-refractivity contribution in [3.8, 4) is 10.4 Å². The molecule has 0 spiro atoms. The molecule has 0 bridgehead atoms. The van der Waals surface area contributed by atoms with E-state index in [4.69, 9.17) is 17.0 Å². The standard InChI is InChI=1S/C23H21N5O9S2/c29-13(30)7-11-14(20(31)32)15(21(33)34)16(22(35)36)19(37-11)26-23(38)28-27-18-17-10(24-8-25-18)6-12(39-17)9-4-2-1-3-5-9/h1-6,8,11,14-16,19H,7H2,(H,29,30)(H,31,32)(H,33,34)(H,35,36)(H,24,25,27)(H2,26,28,38). The Kier molecular flexibility index (Phi) is 8.18. The zero-order valence-corrected chi connectivity index (χ0v) is 21.3. The minimum absolute atomic E-state index is 0.246.